The van der Waals surface area contributed by atoms with Crippen molar-refractivity contribution in [1.29, 1.82) is 0 Å². The van der Waals surface area contributed by atoms with E-state index in [0.29, 0.717) is 29.1 Å². The van der Waals surface area contributed by atoms with Crippen molar-refractivity contribution in [3.05, 3.63) is 17.6 Å². The summed E-state index contributed by atoms with van der Waals surface area (Å²) in [5.41, 5.74) is 8.57. The van der Waals surface area contributed by atoms with Crippen molar-refractivity contribution in [2.75, 3.05) is 5.73 Å². The first-order valence-electron chi connectivity index (χ1n) is 7.59. The molecule has 3 heterocycles. The van der Waals surface area contributed by atoms with Crippen molar-refractivity contribution in [2.45, 2.75) is 45.6 Å². The zero-order valence-corrected chi connectivity index (χ0v) is 12.7. The van der Waals surface area contributed by atoms with Gasteiger partial charge in [-0.1, -0.05) is 18.0 Å². The summed E-state index contributed by atoms with van der Waals surface area (Å²) < 4.78 is 7.39. The molecule has 0 bridgehead atoms. The predicted molar refractivity (Wildman–Crippen MR) is 82.2 cm³/mol. The number of nitrogen functional groups attached to an aromatic ring is 1. The van der Waals surface area contributed by atoms with Gasteiger partial charge in [0.25, 0.3) is 0 Å². The number of aromatic nitrogens is 5. The third-order valence-corrected chi connectivity index (χ3v) is 4.33. The molecular weight excluding hydrogens is 280 g/mol. The third kappa shape index (κ3) is 1.88. The largest absolute Gasteiger partial charge is 0.383 e. The Morgan fingerprint density at radius 2 is 2.00 bits per heavy atom. The number of rotatable bonds is 2. The minimum absolute atomic E-state index is 0.369. The lowest BCUT2D eigenvalue weighted by atomic mass is 10.2. The van der Waals surface area contributed by atoms with Crippen molar-refractivity contribution in [2.24, 2.45) is 0 Å². The van der Waals surface area contributed by atoms with Crippen LogP contribution in [-0.2, 0) is 0 Å². The van der Waals surface area contributed by atoms with Gasteiger partial charge < -0.3 is 10.3 Å². The van der Waals surface area contributed by atoms with E-state index in [1.165, 1.54) is 12.8 Å². The molecule has 0 aromatic carbocycles. The number of nitrogens with zero attached hydrogens (tertiary/aromatic N) is 5. The second-order valence-electron chi connectivity index (χ2n) is 5.92. The van der Waals surface area contributed by atoms with Crippen LogP contribution in [0.15, 0.2) is 10.7 Å². The van der Waals surface area contributed by atoms with Gasteiger partial charge in [0.2, 0.25) is 0 Å². The van der Waals surface area contributed by atoms with E-state index < -0.39 is 0 Å². The molecular formula is C15H18N6O. The number of hydrogen-bond donors (Lipinski definition) is 1. The molecule has 0 aliphatic heterocycles. The van der Waals surface area contributed by atoms with Crippen LogP contribution >= 0.6 is 0 Å². The molecule has 0 saturated heterocycles. The van der Waals surface area contributed by atoms with Crippen LogP contribution < -0.4 is 5.73 Å². The average molecular weight is 298 g/mol. The summed E-state index contributed by atoms with van der Waals surface area (Å²) in [5.74, 6) is 1.74. The zero-order chi connectivity index (χ0) is 15.3. The van der Waals surface area contributed by atoms with E-state index in [1.807, 2.05) is 18.5 Å². The van der Waals surface area contributed by atoms with Gasteiger partial charge in [0.15, 0.2) is 11.4 Å². The highest BCUT2D eigenvalue weighted by Gasteiger charge is 2.26. The molecule has 1 saturated carbocycles. The third-order valence-electron chi connectivity index (χ3n) is 4.33. The van der Waals surface area contributed by atoms with Crippen LogP contribution in [0.2, 0.25) is 0 Å². The van der Waals surface area contributed by atoms with Gasteiger partial charge in [-0.05, 0) is 26.7 Å². The summed E-state index contributed by atoms with van der Waals surface area (Å²) in [6, 6.07) is 0.369. The van der Waals surface area contributed by atoms with Crippen LogP contribution in [0.1, 0.15) is 43.1 Å². The van der Waals surface area contributed by atoms with E-state index in [-0.39, 0.29) is 0 Å². The Hall–Kier alpha value is -2.44. The Kier molecular flexibility index (Phi) is 2.88. The lowest BCUT2D eigenvalue weighted by molar-refractivity contribution is 0.427. The highest BCUT2D eigenvalue weighted by Crippen LogP contribution is 2.37. The Morgan fingerprint density at radius 1 is 1.23 bits per heavy atom. The molecule has 0 unspecified atom stereocenters. The maximum Gasteiger partial charge on any atom is 0.190 e. The van der Waals surface area contributed by atoms with E-state index in [4.69, 9.17) is 15.4 Å². The van der Waals surface area contributed by atoms with Gasteiger partial charge in [-0.25, -0.2) is 14.6 Å². The summed E-state index contributed by atoms with van der Waals surface area (Å²) in [5, 5.41) is 9.39. The minimum atomic E-state index is 0.369. The summed E-state index contributed by atoms with van der Waals surface area (Å²) in [7, 11) is 0. The molecule has 3 aromatic heterocycles. The molecule has 3 aromatic rings. The summed E-state index contributed by atoms with van der Waals surface area (Å²) in [6.07, 6.45) is 6.37. The van der Waals surface area contributed by atoms with Gasteiger partial charge in [-0.2, -0.15) is 5.10 Å². The fraction of sp³-hybridized carbons (Fsp3) is 0.467. The molecule has 0 spiro atoms. The normalized spacial score (nSPS) is 15.9. The molecule has 0 atom stereocenters. The minimum Gasteiger partial charge on any atom is -0.383 e. The summed E-state index contributed by atoms with van der Waals surface area (Å²) in [6.45, 7) is 3.79. The van der Waals surface area contributed by atoms with Gasteiger partial charge in [-0.3, -0.25) is 0 Å². The van der Waals surface area contributed by atoms with E-state index in [9.17, 15) is 0 Å². The Morgan fingerprint density at radius 3 is 2.68 bits per heavy atom. The molecule has 1 fully saturated rings. The van der Waals surface area contributed by atoms with Gasteiger partial charge >= 0.3 is 0 Å². The lowest BCUT2D eigenvalue weighted by Gasteiger charge is -2.10. The Bertz CT molecular complexity index is 843. The smallest absolute Gasteiger partial charge is 0.190 e. The maximum absolute atomic E-state index is 6.16. The maximum atomic E-state index is 6.16. The molecule has 0 radical (unpaired) electrons. The van der Waals surface area contributed by atoms with Crippen molar-refractivity contribution in [3.63, 3.8) is 0 Å². The summed E-state index contributed by atoms with van der Waals surface area (Å²) in [4.78, 5) is 8.88. The number of hydrogen-bond acceptors (Lipinski definition) is 6. The van der Waals surface area contributed by atoms with Crippen molar-refractivity contribution >= 4 is 16.9 Å². The average Bonchev–Trinajstić information content (AvgIpc) is 3.16. The molecule has 22 heavy (non-hydrogen) atoms. The second kappa shape index (κ2) is 4.79. The van der Waals surface area contributed by atoms with Gasteiger partial charge in [0, 0.05) is 5.56 Å². The second-order valence-corrected chi connectivity index (χ2v) is 5.92. The molecule has 7 nitrogen and oxygen atoms in total. The first-order chi connectivity index (χ1) is 10.6. The first-order valence-corrected chi connectivity index (χ1v) is 7.59. The van der Waals surface area contributed by atoms with E-state index in [1.54, 1.807) is 6.20 Å². The standard InChI is InChI=1S/C15H18N6O/c1-8-7-17-22-13(8)12-11-14(16)18-9(2)19-15(11)21(20-12)10-5-3-4-6-10/h7,10H,3-6H2,1-2H3,(H2,16,18,19). The van der Waals surface area contributed by atoms with E-state index in [2.05, 4.69) is 15.1 Å². The number of aryl methyl sites for hydroxylation is 2. The van der Waals surface area contributed by atoms with E-state index in [0.717, 1.165) is 29.4 Å². The topological polar surface area (TPSA) is 95.6 Å². The molecule has 114 valence electrons. The highest BCUT2D eigenvalue weighted by atomic mass is 16.5. The molecule has 7 heteroatoms. The van der Waals surface area contributed by atoms with Crippen LogP contribution in [-0.4, -0.2) is 24.9 Å². The number of nitrogens with two attached hydrogens (primary N) is 1. The van der Waals surface area contributed by atoms with Crippen molar-refractivity contribution in [3.8, 4) is 11.5 Å². The van der Waals surface area contributed by atoms with Crippen LogP contribution in [0.3, 0.4) is 0 Å². The fourth-order valence-electron chi connectivity index (χ4n) is 3.26. The molecule has 0 amide bonds. The number of anilines is 1. The number of fused-ring (bicyclic) bond motifs is 1. The monoisotopic (exact) mass is 298 g/mol. The van der Waals surface area contributed by atoms with Gasteiger partial charge in [-0.15, -0.1) is 0 Å². The van der Waals surface area contributed by atoms with Crippen LogP contribution in [0.5, 0.6) is 0 Å². The SMILES string of the molecule is Cc1nc(N)c2c(-c3oncc3C)nn(C3CCCC3)c2n1. The quantitative estimate of drug-likeness (QED) is 0.781. The van der Waals surface area contributed by atoms with Crippen LogP contribution in [0.4, 0.5) is 5.82 Å². The Labute approximate surface area is 127 Å². The van der Waals surface area contributed by atoms with Crippen LogP contribution in [0.25, 0.3) is 22.5 Å². The first kappa shape index (κ1) is 13.2. The molecule has 4 rings (SSSR count). The van der Waals surface area contributed by atoms with Gasteiger partial charge in [0.05, 0.1) is 17.6 Å². The highest BCUT2D eigenvalue weighted by molar-refractivity contribution is 5.97. The fourth-order valence-corrected chi connectivity index (χ4v) is 3.26. The van der Waals surface area contributed by atoms with Crippen LogP contribution in [0, 0.1) is 13.8 Å². The summed E-state index contributed by atoms with van der Waals surface area (Å²) >= 11 is 0. The zero-order valence-electron chi connectivity index (χ0n) is 12.7. The Balaban J connectivity index is 2.03. The lowest BCUT2D eigenvalue weighted by Crippen LogP contribution is -2.08. The van der Waals surface area contributed by atoms with Gasteiger partial charge in [0.1, 0.15) is 17.3 Å². The predicted octanol–water partition coefficient (Wildman–Crippen LogP) is 2.80. The molecule has 2 N–H and O–H groups in total. The van der Waals surface area contributed by atoms with Crippen molar-refractivity contribution < 1.29 is 4.52 Å². The molecule has 1 aliphatic rings. The van der Waals surface area contributed by atoms with Crippen molar-refractivity contribution in [1.82, 2.24) is 24.9 Å². The molecule has 1 aliphatic carbocycles. The van der Waals surface area contributed by atoms with E-state index >= 15 is 0 Å².